The summed E-state index contributed by atoms with van der Waals surface area (Å²) in [4.78, 5) is 0. The standard InChI is InChI=1S/C15H39NO2Si3/c1-10-17-21(12-3,18-11-2)15-13-14-16(19(4,5)6)20(7,8)9/h10-15H2,1-9H3. The van der Waals surface area contributed by atoms with Crippen molar-refractivity contribution >= 4 is 25.0 Å². The van der Waals surface area contributed by atoms with E-state index in [0.29, 0.717) is 0 Å². The van der Waals surface area contributed by atoms with Gasteiger partial charge in [0.1, 0.15) is 16.5 Å². The quantitative estimate of drug-likeness (QED) is 0.496. The summed E-state index contributed by atoms with van der Waals surface area (Å²) in [5.74, 6) is 0. The fraction of sp³-hybridized carbons (Fsp3) is 1.00. The molecule has 0 unspecified atom stereocenters. The van der Waals surface area contributed by atoms with E-state index < -0.39 is 25.0 Å². The van der Waals surface area contributed by atoms with Crippen LogP contribution in [0, 0.1) is 0 Å². The molecule has 0 aliphatic heterocycles. The van der Waals surface area contributed by atoms with Crippen LogP contribution in [0.15, 0.2) is 0 Å². The van der Waals surface area contributed by atoms with E-state index in [2.05, 4.69) is 64.3 Å². The first-order valence-electron chi connectivity index (χ1n) is 8.58. The molecule has 0 aliphatic carbocycles. The van der Waals surface area contributed by atoms with Gasteiger partial charge in [-0.05, 0) is 38.9 Å². The van der Waals surface area contributed by atoms with Gasteiger partial charge in [0, 0.05) is 13.2 Å². The van der Waals surface area contributed by atoms with Gasteiger partial charge in [0.05, 0.1) is 0 Å². The Labute approximate surface area is 136 Å². The van der Waals surface area contributed by atoms with E-state index in [1.807, 2.05) is 0 Å². The maximum absolute atomic E-state index is 6.09. The molecule has 0 rings (SSSR count). The lowest BCUT2D eigenvalue weighted by atomic mass is 10.5. The van der Waals surface area contributed by atoms with Gasteiger partial charge in [-0.25, -0.2) is 0 Å². The summed E-state index contributed by atoms with van der Waals surface area (Å²) in [6.45, 7) is 24.0. The molecule has 0 amide bonds. The molecule has 0 bridgehead atoms. The predicted octanol–water partition coefficient (Wildman–Crippen LogP) is 4.88. The van der Waals surface area contributed by atoms with Crippen LogP contribution in [0.25, 0.3) is 0 Å². The number of nitrogens with zero attached hydrogens (tertiary/aromatic N) is 1. The molecule has 3 nitrogen and oxygen atoms in total. The Morgan fingerprint density at radius 1 is 0.762 bits per heavy atom. The second-order valence-corrected chi connectivity index (χ2v) is 21.5. The highest BCUT2D eigenvalue weighted by Gasteiger charge is 2.37. The molecule has 0 atom stereocenters. The van der Waals surface area contributed by atoms with Gasteiger partial charge >= 0.3 is 8.56 Å². The second-order valence-electron chi connectivity index (χ2n) is 7.73. The van der Waals surface area contributed by atoms with E-state index in [1.54, 1.807) is 0 Å². The van der Waals surface area contributed by atoms with Crippen molar-refractivity contribution in [2.75, 3.05) is 19.8 Å². The van der Waals surface area contributed by atoms with Crippen LogP contribution in [0.5, 0.6) is 0 Å². The molecule has 0 heterocycles. The SMILES string of the molecule is CCO[Si](CC)(CCCN([Si](C)(C)C)[Si](C)(C)C)OCC. The summed E-state index contributed by atoms with van der Waals surface area (Å²) in [6, 6.07) is 2.20. The Bertz CT molecular complexity index is 268. The molecule has 0 aromatic rings. The largest absolute Gasteiger partial charge is 0.394 e. The number of hydrogen-bond acceptors (Lipinski definition) is 3. The minimum absolute atomic E-state index is 0.784. The van der Waals surface area contributed by atoms with Gasteiger partial charge in [-0.1, -0.05) is 46.2 Å². The predicted molar refractivity (Wildman–Crippen MR) is 102 cm³/mol. The lowest BCUT2D eigenvalue weighted by Crippen LogP contribution is -2.59. The van der Waals surface area contributed by atoms with E-state index in [9.17, 15) is 0 Å². The summed E-state index contributed by atoms with van der Waals surface area (Å²) in [6.07, 6.45) is 1.22. The minimum atomic E-state index is -1.95. The third-order valence-electron chi connectivity index (χ3n) is 3.91. The first-order chi connectivity index (χ1) is 9.52. The zero-order chi connectivity index (χ0) is 16.7. The highest BCUT2D eigenvalue weighted by Crippen LogP contribution is 2.24. The van der Waals surface area contributed by atoms with Crippen molar-refractivity contribution in [1.82, 2.24) is 4.23 Å². The van der Waals surface area contributed by atoms with Crippen LogP contribution in [0.1, 0.15) is 27.2 Å². The molecule has 0 saturated carbocycles. The van der Waals surface area contributed by atoms with Crippen LogP contribution in [-0.4, -0.2) is 49.0 Å². The molecule has 128 valence electrons. The lowest BCUT2D eigenvalue weighted by Gasteiger charge is -2.44. The van der Waals surface area contributed by atoms with E-state index in [1.165, 1.54) is 13.0 Å². The van der Waals surface area contributed by atoms with Crippen molar-refractivity contribution in [2.45, 2.75) is 78.6 Å². The Hall–Kier alpha value is 0.531. The first kappa shape index (κ1) is 21.5. The van der Waals surface area contributed by atoms with Crippen LogP contribution >= 0.6 is 0 Å². The smallest absolute Gasteiger partial charge is 0.337 e. The third kappa shape index (κ3) is 7.56. The molecule has 6 heteroatoms. The summed E-state index contributed by atoms with van der Waals surface area (Å²) >= 11 is 0. The first-order valence-corrected chi connectivity index (χ1v) is 17.7. The van der Waals surface area contributed by atoms with Gasteiger partial charge in [0.2, 0.25) is 0 Å². The van der Waals surface area contributed by atoms with Crippen LogP contribution in [0.3, 0.4) is 0 Å². The van der Waals surface area contributed by atoms with Crippen molar-refractivity contribution in [3.63, 3.8) is 0 Å². The van der Waals surface area contributed by atoms with Gasteiger partial charge in [0.15, 0.2) is 0 Å². The Kier molecular flexibility index (Phi) is 9.21. The Balaban J connectivity index is 4.73. The molecule has 0 aliphatic rings. The third-order valence-corrected chi connectivity index (χ3v) is 15.4. The normalized spacial score (nSPS) is 14.0. The Morgan fingerprint density at radius 2 is 1.19 bits per heavy atom. The highest BCUT2D eigenvalue weighted by atomic mass is 28.4. The molecule has 0 aromatic heterocycles. The highest BCUT2D eigenvalue weighted by molar-refractivity contribution is 6.89. The van der Waals surface area contributed by atoms with E-state index in [-0.39, 0.29) is 0 Å². The van der Waals surface area contributed by atoms with Gasteiger partial charge < -0.3 is 13.1 Å². The van der Waals surface area contributed by atoms with Crippen molar-refractivity contribution in [1.29, 1.82) is 0 Å². The molecular weight excluding hydrogens is 310 g/mol. The van der Waals surface area contributed by atoms with Crippen LogP contribution < -0.4 is 0 Å². The molecule has 0 spiro atoms. The van der Waals surface area contributed by atoms with Gasteiger partial charge in [0.25, 0.3) is 0 Å². The second kappa shape index (κ2) is 8.98. The maximum atomic E-state index is 6.09. The summed E-state index contributed by atoms with van der Waals surface area (Å²) < 4.78 is 15.1. The fourth-order valence-electron chi connectivity index (χ4n) is 3.28. The molecule has 0 radical (unpaired) electrons. The van der Waals surface area contributed by atoms with Gasteiger partial charge in [-0.2, -0.15) is 0 Å². The molecule has 0 N–H and O–H groups in total. The number of hydrogen-bond donors (Lipinski definition) is 0. The van der Waals surface area contributed by atoms with Gasteiger partial charge in [-0.15, -0.1) is 0 Å². The van der Waals surface area contributed by atoms with Crippen LogP contribution in [0.4, 0.5) is 0 Å². The average Bonchev–Trinajstić information content (AvgIpc) is 2.31. The summed E-state index contributed by atoms with van der Waals surface area (Å²) in [5.41, 5.74) is 0. The van der Waals surface area contributed by atoms with Crippen molar-refractivity contribution in [3.8, 4) is 0 Å². The van der Waals surface area contributed by atoms with Gasteiger partial charge in [-0.3, -0.25) is 0 Å². The van der Waals surface area contributed by atoms with E-state index in [4.69, 9.17) is 8.85 Å². The maximum Gasteiger partial charge on any atom is 0.337 e. The zero-order valence-electron chi connectivity index (χ0n) is 16.0. The van der Waals surface area contributed by atoms with Crippen molar-refractivity contribution in [3.05, 3.63) is 0 Å². The topological polar surface area (TPSA) is 21.7 Å². The molecule has 0 fully saturated rings. The minimum Gasteiger partial charge on any atom is -0.394 e. The molecule has 21 heavy (non-hydrogen) atoms. The van der Waals surface area contributed by atoms with Crippen LogP contribution in [-0.2, 0) is 8.85 Å². The average molecular weight is 350 g/mol. The Morgan fingerprint density at radius 3 is 1.48 bits per heavy atom. The molecule has 0 saturated heterocycles. The fourth-order valence-corrected chi connectivity index (χ4v) is 15.9. The summed E-state index contributed by atoms with van der Waals surface area (Å²) in [7, 11) is -4.42. The van der Waals surface area contributed by atoms with E-state index >= 15 is 0 Å². The van der Waals surface area contributed by atoms with Crippen LogP contribution in [0.2, 0.25) is 51.4 Å². The lowest BCUT2D eigenvalue weighted by molar-refractivity contribution is 0.182. The summed E-state index contributed by atoms with van der Waals surface area (Å²) in [5, 5.41) is 0. The molecular formula is C15H39NO2Si3. The molecule has 0 aromatic carbocycles. The van der Waals surface area contributed by atoms with Crippen molar-refractivity contribution in [2.24, 2.45) is 0 Å². The number of rotatable bonds is 11. The van der Waals surface area contributed by atoms with Crippen molar-refractivity contribution < 1.29 is 8.85 Å². The monoisotopic (exact) mass is 349 g/mol. The zero-order valence-corrected chi connectivity index (χ0v) is 19.0. The van der Waals surface area contributed by atoms with E-state index in [0.717, 1.165) is 25.3 Å².